The Morgan fingerprint density at radius 1 is 1.00 bits per heavy atom. The zero-order valence-electron chi connectivity index (χ0n) is 20.2. The molecule has 0 heterocycles. The molecule has 1 atom stereocenters. The van der Waals surface area contributed by atoms with Crippen LogP contribution in [0.1, 0.15) is 33.5 Å². The minimum atomic E-state index is -1.04. The fourth-order valence-electron chi connectivity index (χ4n) is 3.62. The first kappa shape index (κ1) is 29.0. The molecule has 35 heavy (non-hydrogen) atoms. The van der Waals surface area contributed by atoms with Gasteiger partial charge in [0, 0.05) is 10.6 Å². The molecule has 0 bridgehead atoms. The molecule has 3 aromatic rings. The predicted molar refractivity (Wildman–Crippen MR) is 138 cm³/mol. The van der Waals surface area contributed by atoms with Gasteiger partial charge in [-0.1, -0.05) is 54.1 Å². The minimum Gasteiger partial charge on any atom is -0.480 e. The number of ether oxygens (including phenoxy) is 1. The summed E-state index contributed by atoms with van der Waals surface area (Å²) in [5, 5.41) is 12.9. The predicted octanol–water partition coefficient (Wildman–Crippen LogP) is 2.97. The average Bonchev–Trinajstić information content (AvgIpc) is 2.82. The smallest absolute Gasteiger partial charge is 0.480 e. The first-order chi connectivity index (χ1) is 16.4. The molecular formula is C27H28ClLiNO4S+. The van der Waals surface area contributed by atoms with Crippen molar-refractivity contribution in [1.29, 1.82) is 0 Å². The SMILES string of the molecule is CSCCC(NC(=O)c1ccc(COCc2cccc(Cl)c2)cc1-c1ccccc1C)C(=O)O.[Li+]. The van der Waals surface area contributed by atoms with Crippen molar-refractivity contribution >= 4 is 35.2 Å². The summed E-state index contributed by atoms with van der Waals surface area (Å²) in [5.74, 6) is -0.797. The van der Waals surface area contributed by atoms with Gasteiger partial charge in [0.05, 0.1) is 13.2 Å². The number of aryl methyl sites for hydroxylation is 1. The molecule has 0 saturated carbocycles. The first-order valence-electron chi connectivity index (χ1n) is 10.9. The normalized spacial score (nSPS) is 11.4. The molecular weight excluding hydrogens is 477 g/mol. The van der Waals surface area contributed by atoms with Crippen LogP contribution in [0.2, 0.25) is 5.02 Å². The third-order valence-electron chi connectivity index (χ3n) is 5.40. The van der Waals surface area contributed by atoms with Crippen molar-refractivity contribution in [2.45, 2.75) is 32.6 Å². The maximum absolute atomic E-state index is 13.1. The van der Waals surface area contributed by atoms with Crippen LogP contribution in [-0.2, 0) is 22.7 Å². The monoisotopic (exact) mass is 504 g/mol. The van der Waals surface area contributed by atoms with Crippen LogP contribution in [0.3, 0.4) is 0 Å². The standard InChI is InChI=1S/C27H28ClNO4S.Li/c1-18-6-3-4-9-22(18)24-15-20(17-33-16-19-7-5-8-21(28)14-19)10-11-23(24)26(30)29-25(27(31)32)12-13-34-2;/h3-11,14-15,25H,12-13,16-17H2,1-2H3,(H,29,30)(H,31,32);/q;+1. The number of halogens is 1. The van der Waals surface area contributed by atoms with Gasteiger partial charge < -0.3 is 15.2 Å². The molecule has 0 aliphatic carbocycles. The molecule has 0 aliphatic rings. The third-order valence-corrected chi connectivity index (χ3v) is 6.28. The van der Waals surface area contributed by atoms with E-state index in [1.165, 1.54) is 0 Å². The van der Waals surface area contributed by atoms with Crippen molar-refractivity contribution in [2.75, 3.05) is 12.0 Å². The number of rotatable bonds is 11. The van der Waals surface area contributed by atoms with Crippen molar-refractivity contribution in [3.8, 4) is 11.1 Å². The second-order valence-electron chi connectivity index (χ2n) is 7.96. The Hall–Kier alpha value is -2.20. The van der Waals surface area contributed by atoms with Crippen LogP contribution in [-0.4, -0.2) is 35.0 Å². The van der Waals surface area contributed by atoms with Crippen molar-refractivity contribution in [3.05, 3.63) is 94.0 Å². The second-order valence-corrected chi connectivity index (χ2v) is 9.39. The Morgan fingerprint density at radius 3 is 2.37 bits per heavy atom. The number of carbonyl (C=O) groups is 2. The van der Waals surface area contributed by atoms with E-state index in [4.69, 9.17) is 16.3 Å². The molecule has 0 spiro atoms. The maximum atomic E-state index is 13.1. The zero-order chi connectivity index (χ0) is 24.5. The van der Waals surface area contributed by atoms with E-state index in [0.717, 1.165) is 27.8 Å². The number of nitrogens with one attached hydrogen (secondary N) is 1. The molecule has 0 aliphatic heterocycles. The summed E-state index contributed by atoms with van der Waals surface area (Å²) in [6.07, 6.45) is 2.27. The van der Waals surface area contributed by atoms with Crippen LogP contribution in [0.5, 0.6) is 0 Å². The number of carboxylic acid groups (broad SMARTS) is 1. The molecule has 0 saturated heterocycles. The van der Waals surface area contributed by atoms with Gasteiger partial charge in [0.25, 0.3) is 5.91 Å². The molecule has 3 aromatic carbocycles. The van der Waals surface area contributed by atoms with E-state index >= 15 is 0 Å². The van der Waals surface area contributed by atoms with Crippen LogP contribution in [0, 0.1) is 6.92 Å². The zero-order valence-corrected chi connectivity index (χ0v) is 21.8. The summed E-state index contributed by atoms with van der Waals surface area (Å²) < 4.78 is 5.88. The number of thioether (sulfide) groups is 1. The first-order valence-corrected chi connectivity index (χ1v) is 12.7. The minimum absolute atomic E-state index is 0. The summed E-state index contributed by atoms with van der Waals surface area (Å²) in [6.45, 7) is 2.76. The largest absolute Gasteiger partial charge is 1.00 e. The summed E-state index contributed by atoms with van der Waals surface area (Å²) in [5.41, 5.74) is 5.00. The van der Waals surface area contributed by atoms with Crippen LogP contribution >= 0.6 is 23.4 Å². The van der Waals surface area contributed by atoms with E-state index in [0.29, 0.717) is 36.0 Å². The van der Waals surface area contributed by atoms with Gasteiger partial charge in [-0.05, 0) is 77.4 Å². The fourth-order valence-corrected chi connectivity index (χ4v) is 4.30. The fraction of sp³-hybridized carbons (Fsp3) is 0.259. The molecule has 0 radical (unpaired) electrons. The van der Waals surface area contributed by atoms with Crippen molar-refractivity contribution < 1.29 is 38.3 Å². The average molecular weight is 505 g/mol. The van der Waals surface area contributed by atoms with Crippen LogP contribution in [0.4, 0.5) is 0 Å². The topological polar surface area (TPSA) is 75.6 Å². The van der Waals surface area contributed by atoms with Gasteiger partial charge in [-0.15, -0.1) is 0 Å². The summed E-state index contributed by atoms with van der Waals surface area (Å²) in [7, 11) is 0. The van der Waals surface area contributed by atoms with Crippen molar-refractivity contribution in [2.24, 2.45) is 0 Å². The van der Waals surface area contributed by atoms with Gasteiger partial charge in [0.2, 0.25) is 0 Å². The number of hydrogen-bond donors (Lipinski definition) is 2. The van der Waals surface area contributed by atoms with Gasteiger partial charge in [-0.2, -0.15) is 11.8 Å². The number of amides is 1. The van der Waals surface area contributed by atoms with E-state index in [1.54, 1.807) is 17.8 Å². The quantitative estimate of drug-likeness (QED) is 0.393. The molecule has 8 heteroatoms. The van der Waals surface area contributed by atoms with E-state index in [2.05, 4.69) is 5.32 Å². The Balaban J connectivity index is 0.00000432. The Labute approximate surface area is 227 Å². The molecule has 0 aromatic heterocycles. The van der Waals surface area contributed by atoms with Gasteiger partial charge in [0.15, 0.2) is 0 Å². The maximum Gasteiger partial charge on any atom is 1.00 e. The van der Waals surface area contributed by atoms with Crippen LogP contribution in [0.25, 0.3) is 11.1 Å². The number of hydrogen-bond acceptors (Lipinski definition) is 4. The summed E-state index contributed by atoms with van der Waals surface area (Å²) in [6, 6.07) is 19.9. The van der Waals surface area contributed by atoms with Crippen LogP contribution in [0.15, 0.2) is 66.7 Å². The van der Waals surface area contributed by atoms with E-state index in [-0.39, 0.29) is 18.9 Å². The number of carbonyl (C=O) groups excluding carboxylic acids is 1. The van der Waals surface area contributed by atoms with Crippen LogP contribution < -0.4 is 24.2 Å². The van der Waals surface area contributed by atoms with E-state index < -0.39 is 17.9 Å². The summed E-state index contributed by atoms with van der Waals surface area (Å²) >= 11 is 7.59. The number of carboxylic acids is 1. The number of benzene rings is 3. The van der Waals surface area contributed by atoms with Gasteiger partial charge in [-0.3, -0.25) is 4.79 Å². The van der Waals surface area contributed by atoms with E-state index in [1.807, 2.05) is 73.8 Å². The molecule has 0 fully saturated rings. The van der Waals surface area contributed by atoms with Gasteiger partial charge in [-0.25, -0.2) is 4.79 Å². The van der Waals surface area contributed by atoms with Crippen molar-refractivity contribution in [3.63, 3.8) is 0 Å². The molecule has 1 unspecified atom stereocenters. The van der Waals surface area contributed by atoms with Crippen molar-refractivity contribution in [1.82, 2.24) is 5.32 Å². The Morgan fingerprint density at radius 2 is 1.71 bits per heavy atom. The molecule has 3 rings (SSSR count). The van der Waals surface area contributed by atoms with Gasteiger partial charge >= 0.3 is 24.8 Å². The second kappa shape index (κ2) is 14.4. The number of aliphatic carboxylic acids is 1. The third kappa shape index (κ3) is 8.45. The van der Waals surface area contributed by atoms with E-state index in [9.17, 15) is 14.7 Å². The Bertz CT molecular complexity index is 1160. The molecule has 5 nitrogen and oxygen atoms in total. The molecule has 1 amide bonds. The Kier molecular flexibility index (Phi) is 11.9. The summed E-state index contributed by atoms with van der Waals surface area (Å²) in [4.78, 5) is 24.8. The molecule has 178 valence electrons. The molecule has 2 N–H and O–H groups in total. The van der Waals surface area contributed by atoms with Gasteiger partial charge in [0.1, 0.15) is 6.04 Å².